The number of rotatable bonds is 1. The third-order valence-electron chi connectivity index (χ3n) is 5.61. The van der Waals surface area contributed by atoms with E-state index in [4.69, 9.17) is 14.0 Å². The van der Waals surface area contributed by atoms with Gasteiger partial charge in [0, 0.05) is 18.2 Å². The molecule has 0 aromatic carbocycles. The standard InChI is InChI=1S/C20H31BN2O4/c1-13-14(21-26-19(5,6)20(7,8)27-21)12-22-15-10-9-11-23(16(13)15)17(24)25-18(2,3)4/h12H,9-11H2,1-8H3. The molecule has 2 aliphatic rings. The van der Waals surface area contributed by atoms with Crippen molar-refractivity contribution >= 4 is 24.4 Å². The maximum atomic E-state index is 12.8. The van der Waals surface area contributed by atoms with Gasteiger partial charge >= 0.3 is 13.2 Å². The molecule has 148 valence electrons. The van der Waals surface area contributed by atoms with Crippen LogP contribution in [0.25, 0.3) is 0 Å². The van der Waals surface area contributed by atoms with Crippen molar-refractivity contribution in [3.63, 3.8) is 0 Å². The van der Waals surface area contributed by atoms with E-state index in [9.17, 15) is 4.79 Å². The highest BCUT2D eigenvalue weighted by Gasteiger charge is 2.52. The average molecular weight is 374 g/mol. The molecular weight excluding hydrogens is 343 g/mol. The Hall–Kier alpha value is -1.60. The van der Waals surface area contributed by atoms with Crippen LogP contribution in [-0.2, 0) is 20.5 Å². The number of aryl methyl sites for hydroxylation is 1. The van der Waals surface area contributed by atoms with Crippen molar-refractivity contribution in [2.45, 2.75) is 85.0 Å². The van der Waals surface area contributed by atoms with Crippen molar-refractivity contribution in [3.05, 3.63) is 17.5 Å². The zero-order chi connectivity index (χ0) is 20.2. The Kier molecular flexibility index (Phi) is 4.84. The molecule has 1 aromatic rings. The Balaban J connectivity index is 1.98. The van der Waals surface area contributed by atoms with Gasteiger partial charge in [-0.15, -0.1) is 0 Å². The second-order valence-corrected chi connectivity index (χ2v) is 9.46. The van der Waals surface area contributed by atoms with Crippen LogP contribution in [0, 0.1) is 6.92 Å². The Labute approximate surface area is 162 Å². The summed E-state index contributed by atoms with van der Waals surface area (Å²) in [6.45, 7) is 16.4. The van der Waals surface area contributed by atoms with Gasteiger partial charge in [-0.2, -0.15) is 0 Å². The molecule has 6 nitrogen and oxygen atoms in total. The number of carbonyl (C=O) groups excluding carboxylic acids is 1. The maximum absolute atomic E-state index is 12.8. The van der Waals surface area contributed by atoms with E-state index in [1.807, 2.05) is 61.6 Å². The molecule has 0 saturated carbocycles. The summed E-state index contributed by atoms with van der Waals surface area (Å²) >= 11 is 0. The SMILES string of the molecule is Cc1c(B2OC(C)(C)C(C)(C)O2)cnc2c1N(C(=O)OC(C)(C)C)CCC2. The van der Waals surface area contributed by atoms with Crippen LogP contribution in [-0.4, -0.2) is 41.5 Å². The van der Waals surface area contributed by atoms with Gasteiger partial charge in [0.25, 0.3) is 0 Å². The third-order valence-corrected chi connectivity index (χ3v) is 5.61. The number of aromatic nitrogens is 1. The molecule has 3 heterocycles. The summed E-state index contributed by atoms with van der Waals surface area (Å²) in [6, 6.07) is 0. The molecule has 3 rings (SSSR count). The first-order valence-corrected chi connectivity index (χ1v) is 9.67. The summed E-state index contributed by atoms with van der Waals surface area (Å²) in [5.74, 6) is 0. The molecule has 1 aromatic heterocycles. The fraction of sp³-hybridized carbons (Fsp3) is 0.700. The van der Waals surface area contributed by atoms with E-state index in [1.54, 1.807) is 4.90 Å². The molecule has 1 amide bonds. The molecule has 0 N–H and O–H groups in total. The van der Waals surface area contributed by atoms with Gasteiger partial charge in [0.1, 0.15) is 5.60 Å². The van der Waals surface area contributed by atoms with Crippen LogP contribution >= 0.6 is 0 Å². The van der Waals surface area contributed by atoms with Crippen LogP contribution in [0.1, 0.15) is 66.1 Å². The minimum absolute atomic E-state index is 0.334. The molecule has 7 heteroatoms. The lowest BCUT2D eigenvalue weighted by Gasteiger charge is -2.33. The lowest BCUT2D eigenvalue weighted by Crippen LogP contribution is -2.43. The van der Waals surface area contributed by atoms with Crippen molar-refractivity contribution in [1.82, 2.24) is 4.98 Å². The normalized spacial score (nSPS) is 21.2. The number of pyridine rings is 1. The second kappa shape index (κ2) is 6.48. The number of carbonyl (C=O) groups is 1. The van der Waals surface area contributed by atoms with E-state index in [2.05, 4.69) is 4.98 Å². The summed E-state index contributed by atoms with van der Waals surface area (Å²) in [4.78, 5) is 19.1. The van der Waals surface area contributed by atoms with Gasteiger partial charge in [0.15, 0.2) is 0 Å². The largest absolute Gasteiger partial charge is 0.496 e. The van der Waals surface area contributed by atoms with E-state index in [-0.39, 0.29) is 6.09 Å². The fourth-order valence-corrected chi connectivity index (χ4v) is 3.42. The predicted octanol–water partition coefficient (Wildman–Crippen LogP) is 3.38. The van der Waals surface area contributed by atoms with E-state index in [0.717, 1.165) is 35.2 Å². The number of amides is 1. The van der Waals surface area contributed by atoms with E-state index in [0.29, 0.717) is 6.54 Å². The van der Waals surface area contributed by atoms with Crippen LogP contribution < -0.4 is 10.4 Å². The highest BCUT2D eigenvalue weighted by Crippen LogP contribution is 2.38. The Morgan fingerprint density at radius 2 is 1.81 bits per heavy atom. The van der Waals surface area contributed by atoms with Crippen molar-refractivity contribution in [3.8, 4) is 0 Å². The number of nitrogens with zero attached hydrogens (tertiary/aromatic N) is 2. The predicted molar refractivity (Wildman–Crippen MR) is 107 cm³/mol. The number of ether oxygens (including phenoxy) is 1. The van der Waals surface area contributed by atoms with Crippen molar-refractivity contribution in [2.75, 3.05) is 11.4 Å². The van der Waals surface area contributed by atoms with Crippen LogP contribution in [0.2, 0.25) is 0 Å². The van der Waals surface area contributed by atoms with Crippen molar-refractivity contribution in [1.29, 1.82) is 0 Å². The van der Waals surface area contributed by atoms with Gasteiger partial charge in [0.05, 0.1) is 22.6 Å². The lowest BCUT2D eigenvalue weighted by molar-refractivity contribution is 0.00578. The van der Waals surface area contributed by atoms with E-state index >= 15 is 0 Å². The Morgan fingerprint density at radius 3 is 2.37 bits per heavy atom. The first kappa shape index (κ1) is 20.1. The summed E-state index contributed by atoms with van der Waals surface area (Å²) in [7, 11) is -0.504. The quantitative estimate of drug-likeness (QED) is 0.706. The molecule has 27 heavy (non-hydrogen) atoms. The van der Waals surface area contributed by atoms with Crippen LogP contribution in [0.4, 0.5) is 10.5 Å². The van der Waals surface area contributed by atoms with E-state index in [1.165, 1.54) is 0 Å². The molecule has 0 atom stereocenters. The summed E-state index contributed by atoms with van der Waals surface area (Å²) in [6.07, 6.45) is 3.21. The topological polar surface area (TPSA) is 60.9 Å². The molecule has 0 unspecified atom stereocenters. The highest BCUT2D eigenvalue weighted by molar-refractivity contribution is 6.62. The summed E-state index contributed by atoms with van der Waals surface area (Å²) in [5.41, 5.74) is 2.19. The number of fused-ring (bicyclic) bond motifs is 1. The van der Waals surface area contributed by atoms with Crippen molar-refractivity contribution < 1.29 is 18.8 Å². The Bertz CT molecular complexity index is 739. The van der Waals surface area contributed by atoms with Gasteiger partial charge in [-0.05, 0) is 73.8 Å². The van der Waals surface area contributed by atoms with Gasteiger partial charge < -0.3 is 14.0 Å². The minimum atomic E-state index is -0.542. The first-order chi connectivity index (χ1) is 12.3. The molecule has 1 saturated heterocycles. The molecule has 2 aliphatic heterocycles. The van der Waals surface area contributed by atoms with Gasteiger partial charge in [-0.3, -0.25) is 9.88 Å². The van der Waals surface area contributed by atoms with Crippen molar-refractivity contribution in [2.24, 2.45) is 0 Å². The average Bonchev–Trinajstić information content (AvgIpc) is 2.73. The molecular formula is C20H31BN2O4. The Morgan fingerprint density at radius 1 is 1.22 bits per heavy atom. The maximum Gasteiger partial charge on any atom is 0.496 e. The number of hydrogen-bond acceptors (Lipinski definition) is 5. The van der Waals surface area contributed by atoms with Gasteiger partial charge in [0.2, 0.25) is 0 Å². The highest BCUT2D eigenvalue weighted by atomic mass is 16.7. The van der Waals surface area contributed by atoms with Gasteiger partial charge in [-0.25, -0.2) is 4.79 Å². The lowest BCUT2D eigenvalue weighted by atomic mass is 9.76. The summed E-state index contributed by atoms with van der Waals surface area (Å²) in [5, 5.41) is 0. The first-order valence-electron chi connectivity index (χ1n) is 9.67. The van der Waals surface area contributed by atoms with Gasteiger partial charge in [-0.1, -0.05) is 0 Å². The van der Waals surface area contributed by atoms with Crippen LogP contribution in [0.5, 0.6) is 0 Å². The zero-order valence-electron chi connectivity index (χ0n) is 17.8. The molecule has 0 spiro atoms. The monoisotopic (exact) mass is 374 g/mol. The molecule has 0 bridgehead atoms. The zero-order valence-corrected chi connectivity index (χ0v) is 17.8. The van der Waals surface area contributed by atoms with Crippen LogP contribution in [0.15, 0.2) is 6.20 Å². The number of anilines is 1. The van der Waals surface area contributed by atoms with E-state index < -0.39 is 23.9 Å². The van der Waals surface area contributed by atoms with Crippen LogP contribution in [0.3, 0.4) is 0 Å². The molecule has 0 radical (unpaired) electrons. The second-order valence-electron chi connectivity index (χ2n) is 9.46. The smallest absolute Gasteiger partial charge is 0.443 e. The molecule has 1 fully saturated rings. The molecule has 0 aliphatic carbocycles. The fourth-order valence-electron chi connectivity index (χ4n) is 3.42. The summed E-state index contributed by atoms with van der Waals surface area (Å²) < 4.78 is 18.0. The minimum Gasteiger partial charge on any atom is -0.443 e. The third kappa shape index (κ3) is 3.72. The number of hydrogen-bond donors (Lipinski definition) is 0.